The standard InChI is InChI=1S/C14H16FN3O2S/c1-2-12-16-17-14(21-9-13(19)20)18(12)7-6-10-4-3-5-11(15)8-10/h3-5,8H,2,6-7,9H2,1H3,(H,19,20). The van der Waals surface area contributed by atoms with E-state index in [-0.39, 0.29) is 11.6 Å². The molecule has 112 valence electrons. The molecule has 0 unspecified atom stereocenters. The molecule has 21 heavy (non-hydrogen) atoms. The minimum atomic E-state index is -0.891. The van der Waals surface area contributed by atoms with E-state index in [0.29, 0.717) is 24.5 Å². The Hall–Kier alpha value is -1.89. The fraction of sp³-hybridized carbons (Fsp3) is 0.357. The average Bonchev–Trinajstić information content (AvgIpc) is 2.85. The zero-order valence-corrected chi connectivity index (χ0v) is 12.4. The second-order valence-corrected chi connectivity index (χ2v) is 5.41. The third kappa shape index (κ3) is 4.29. The fourth-order valence-electron chi connectivity index (χ4n) is 1.97. The highest BCUT2D eigenvalue weighted by atomic mass is 32.2. The van der Waals surface area contributed by atoms with Gasteiger partial charge in [0.05, 0.1) is 5.75 Å². The van der Waals surface area contributed by atoms with Gasteiger partial charge in [-0.15, -0.1) is 10.2 Å². The van der Waals surface area contributed by atoms with Crippen LogP contribution in [0.4, 0.5) is 4.39 Å². The van der Waals surface area contributed by atoms with Gasteiger partial charge in [-0.25, -0.2) is 4.39 Å². The smallest absolute Gasteiger partial charge is 0.313 e. The van der Waals surface area contributed by atoms with Crippen LogP contribution in [0.3, 0.4) is 0 Å². The van der Waals surface area contributed by atoms with Gasteiger partial charge in [-0.05, 0) is 24.1 Å². The lowest BCUT2D eigenvalue weighted by Gasteiger charge is -2.09. The van der Waals surface area contributed by atoms with Crippen LogP contribution in [0.5, 0.6) is 0 Å². The van der Waals surface area contributed by atoms with E-state index in [0.717, 1.165) is 23.1 Å². The van der Waals surface area contributed by atoms with Crippen LogP contribution in [-0.4, -0.2) is 31.6 Å². The highest BCUT2D eigenvalue weighted by molar-refractivity contribution is 7.99. The third-order valence-corrected chi connectivity index (χ3v) is 3.90. The third-order valence-electron chi connectivity index (χ3n) is 2.95. The Kier molecular flexibility index (Phi) is 5.32. The van der Waals surface area contributed by atoms with E-state index in [9.17, 15) is 9.18 Å². The van der Waals surface area contributed by atoms with Crippen molar-refractivity contribution in [3.8, 4) is 0 Å². The number of benzene rings is 1. The van der Waals surface area contributed by atoms with E-state index in [4.69, 9.17) is 5.11 Å². The molecule has 0 aliphatic carbocycles. The van der Waals surface area contributed by atoms with Crippen LogP contribution in [0.1, 0.15) is 18.3 Å². The van der Waals surface area contributed by atoms with Gasteiger partial charge in [-0.2, -0.15) is 0 Å². The molecule has 0 radical (unpaired) electrons. The van der Waals surface area contributed by atoms with Crippen molar-refractivity contribution in [1.82, 2.24) is 14.8 Å². The summed E-state index contributed by atoms with van der Waals surface area (Å²) in [4.78, 5) is 10.7. The van der Waals surface area contributed by atoms with E-state index in [2.05, 4.69) is 10.2 Å². The highest BCUT2D eigenvalue weighted by Crippen LogP contribution is 2.18. The molecule has 1 aromatic heterocycles. The Bertz CT molecular complexity index is 630. The maximum atomic E-state index is 13.2. The largest absolute Gasteiger partial charge is 0.481 e. The molecule has 2 aromatic rings. The monoisotopic (exact) mass is 309 g/mol. The van der Waals surface area contributed by atoms with Crippen LogP contribution in [0.25, 0.3) is 0 Å². The van der Waals surface area contributed by atoms with Crippen molar-refractivity contribution in [3.05, 3.63) is 41.5 Å². The molecule has 0 amide bonds. The minimum Gasteiger partial charge on any atom is -0.481 e. The van der Waals surface area contributed by atoms with Crippen molar-refractivity contribution in [3.63, 3.8) is 0 Å². The molecule has 2 rings (SSSR count). The molecule has 0 atom stereocenters. The number of thioether (sulfide) groups is 1. The maximum absolute atomic E-state index is 13.2. The number of halogens is 1. The Labute approximate surface area is 126 Å². The first-order valence-corrected chi connectivity index (χ1v) is 7.59. The number of aryl methyl sites for hydroxylation is 2. The zero-order chi connectivity index (χ0) is 15.2. The maximum Gasteiger partial charge on any atom is 0.313 e. The van der Waals surface area contributed by atoms with Gasteiger partial charge in [0, 0.05) is 13.0 Å². The molecule has 7 heteroatoms. The molecule has 0 aliphatic rings. The second kappa shape index (κ2) is 7.21. The Balaban J connectivity index is 2.10. The van der Waals surface area contributed by atoms with Crippen LogP contribution >= 0.6 is 11.8 Å². The minimum absolute atomic E-state index is 0.0538. The van der Waals surface area contributed by atoms with Gasteiger partial charge >= 0.3 is 5.97 Å². The van der Waals surface area contributed by atoms with Crippen molar-refractivity contribution in [2.45, 2.75) is 31.5 Å². The first-order valence-electron chi connectivity index (χ1n) is 6.61. The van der Waals surface area contributed by atoms with Crippen molar-refractivity contribution < 1.29 is 14.3 Å². The molecular formula is C14H16FN3O2S. The summed E-state index contributed by atoms with van der Waals surface area (Å²) in [6.45, 7) is 2.57. The van der Waals surface area contributed by atoms with Crippen molar-refractivity contribution in [1.29, 1.82) is 0 Å². The van der Waals surface area contributed by atoms with Crippen molar-refractivity contribution in [2.24, 2.45) is 0 Å². The zero-order valence-electron chi connectivity index (χ0n) is 11.6. The van der Waals surface area contributed by atoms with Gasteiger partial charge in [-0.1, -0.05) is 30.8 Å². The summed E-state index contributed by atoms with van der Waals surface area (Å²) in [5, 5.41) is 17.4. The number of hydrogen-bond acceptors (Lipinski definition) is 4. The van der Waals surface area contributed by atoms with Gasteiger partial charge < -0.3 is 9.67 Å². The van der Waals surface area contributed by atoms with Gasteiger partial charge in [0.25, 0.3) is 0 Å². The fourth-order valence-corrected chi connectivity index (χ4v) is 2.68. The number of aliphatic carboxylic acids is 1. The van der Waals surface area contributed by atoms with Gasteiger partial charge in [0.1, 0.15) is 11.6 Å². The molecule has 0 saturated heterocycles. The number of carboxylic acid groups (broad SMARTS) is 1. The summed E-state index contributed by atoms with van der Waals surface area (Å²) < 4.78 is 15.1. The summed E-state index contributed by atoms with van der Waals surface area (Å²) in [5.74, 6) is -0.397. The molecular weight excluding hydrogens is 293 g/mol. The molecule has 5 nitrogen and oxygen atoms in total. The molecule has 0 fully saturated rings. The van der Waals surface area contributed by atoms with Crippen LogP contribution in [0.2, 0.25) is 0 Å². The summed E-state index contributed by atoms with van der Waals surface area (Å²) in [6.07, 6.45) is 1.35. The number of hydrogen-bond donors (Lipinski definition) is 1. The molecule has 0 spiro atoms. The summed E-state index contributed by atoms with van der Waals surface area (Å²) >= 11 is 1.15. The van der Waals surface area contributed by atoms with Gasteiger partial charge in [0.15, 0.2) is 5.16 Å². The van der Waals surface area contributed by atoms with Crippen LogP contribution in [-0.2, 0) is 24.2 Å². The molecule has 0 saturated carbocycles. The predicted octanol–water partition coefficient (Wildman–Crippen LogP) is 2.40. The number of aromatic nitrogens is 3. The molecule has 1 N–H and O–H groups in total. The normalized spacial score (nSPS) is 10.8. The van der Waals surface area contributed by atoms with E-state index in [1.165, 1.54) is 12.1 Å². The average molecular weight is 309 g/mol. The van der Waals surface area contributed by atoms with Crippen LogP contribution in [0.15, 0.2) is 29.4 Å². The topological polar surface area (TPSA) is 68.0 Å². The lowest BCUT2D eigenvalue weighted by Crippen LogP contribution is -2.08. The van der Waals surface area contributed by atoms with E-state index < -0.39 is 5.97 Å². The first kappa shape index (κ1) is 15.5. The Morgan fingerprint density at radius 2 is 2.24 bits per heavy atom. The number of rotatable bonds is 7. The number of carbonyl (C=O) groups is 1. The summed E-state index contributed by atoms with van der Waals surface area (Å²) in [7, 11) is 0. The van der Waals surface area contributed by atoms with Crippen molar-refractivity contribution in [2.75, 3.05) is 5.75 Å². The van der Waals surface area contributed by atoms with E-state index >= 15 is 0 Å². The molecule has 0 aliphatic heterocycles. The summed E-state index contributed by atoms with van der Waals surface area (Å²) in [6, 6.07) is 6.45. The quantitative estimate of drug-likeness (QED) is 0.795. The van der Waals surface area contributed by atoms with E-state index in [1.807, 2.05) is 17.6 Å². The second-order valence-electron chi connectivity index (χ2n) is 4.47. The molecule has 1 aromatic carbocycles. The highest BCUT2D eigenvalue weighted by Gasteiger charge is 2.12. The lowest BCUT2D eigenvalue weighted by atomic mass is 10.1. The first-order chi connectivity index (χ1) is 10.1. The van der Waals surface area contributed by atoms with Gasteiger partial charge in [-0.3, -0.25) is 4.79 Å². The van der Waals surface area contributed by atoms with E-state index in [1.54, 1.807) is 6.07 Å². The Morgan fingerprint density at radius 1 is 1.43 bits per heavy atom. The predicted molar refractivity (Wildman–Crippen MR) is 77.9 cm³/mol. The van der Waals surface area contributed by atoms with Crippen LogP contribution < -0.4 is 0 Å². The molecule has 1 heterocycles. The number of nitrogens with zero attached hydrogens (tertiary/aromatic N) is 3. The number of carboxylic acids is 1. The lowest BCUT2D eigenvalue weighted by molar-refractivity contribution is -0.133. The van der Waals surface area contributed by atoms with Gasteiger partial charge in [0.2, 0.25) is 0 Å². The Morgan fingerprint density at radius 3 is 2.90 bits per heavy atom. The molecule has 0 bridgehead atoms. The van der Waals surface area contributed by atoms with Crippen molar-refractivity contribution >= 4 is 17.7 Å². The summed E-state index contributed by atoms with van der Waals surface area (Å²) in [5.41, 5.74) is 0.889. The van der Waals surface area contributed by atoms with Crippen LogP contribution in [0, 0.1) is 5.82 Å². The SMILES string of the molecule is CCc1nnc(SCC(=O)O)n1CCc1cccc(F)c1.